The first-order valence-corrected chi connectivity index (χ1v) is 5.59. The maximum atomic E-state index is 4.20. The van der Waals surface area contributed by atoms with Crippen LogP contribution in [0.2, 0.25) is 0 Å². The molecule has 0 fully saturated rings. The van der Waals surface area contributed by atoms with Gasteiger partial charge in [-0.1, -0.05) is 37.3 Å². The van der Waals surface area contributed by atoms with Crippen LogP contribution >= 0.6 is 0 Å². The number of hydrogen-bond donors (Lipinski definition) is 0. The molecule has 0 N–H and O–H groups in total. The number of aryl methyl sites for hydroxylation is 1. The number of nitrogens with zero attached hydrogens (tertiary/aromatic N) is 3. The Morgan fingerprint density at radius 1 is 1.12 bits per heavy atom. The van der Waals surface area contributed by atoms with Gasteiger partial charge in [0, 0.05) is 0 Å². The Hall–Kier alpha value is -1.64. The molecule has 0 bridgehead atoms. The molecule has 3 nitrogen and oxygen atoms in total. The monoisotopic (exact) mass is 215 g/mol. The predicted octanol–water partition coefficient (Wildman–Crippen LogP) is 3.01. The van der Waals surface area contributed by atoms with Gasteiger partial charge in [-0.2, -0.15) is 0 Å². The van der Waals surface area contributed by atoms with Gasteiger partial charge in [0.05, 0.1) is 17.1 Å². The van der Waals surface area contributed by atoms with Crippen molar-refractivity contribution in [3.63, 3.8) is 0 Å². The van der Waals surface area contributed by atoms with E-state index in [0.717, 1.165) is 17.1 Å². The molecule has 0 radical (unpaired) electrons. The summed E-state index contributed by atoms with van der Waals surface area (Å²) in [4.78, 5) is 0. The van der Waals surface area contributed by atoms with Crippen molar-refractivity contribution in [2.45, 2.75) is 33.6 Å². The second-order valence-electron chi connectivity index (χ2n) is 4.39. The Morgan fingerprint density at radius 2 is 1.81 bits per heavy atom. The third-order valence-corrected chi connectivity index (χ3v) is 2.91. The summed E-state index contributed by atoms with van der Waals surface area (Å²) < 4.78 is 1.92. The Balaban J connectivity index is 2.60. The zero-order valence-electron chi connectivity index (χ0n) is 10.2. The first kappa shape index (κ1) is 10.9. The molecule has 0 spiro atoms. The summed E-state index contributed by atoms with van der Waals surface area (Å²) in [5.74, 6) is 0.486. The first-order valence-electron chi connectivity index (χ1n) is 5.59. The highest BCUT2D eigenvalue weighted by Gasteiger charge is 2.11. The van der Waals surface area contributed by atoms with Gasteiger partial charge in [0.1, 0.15) is 0 Å². The van der Waals surface area contributed by atoms with Crippen LogP contribution in [0, 0.1) is 13.8 Å². The van der Waals surface area contributed by atoms with Crippen LogP contribution in [0.3, 0.4) is 0 Å². The summed E-state index contributed by atoms with van der Waals surface area (Å²) in [6, 6.07) is 8.35. The molecule has 1 heterocycles. The van der Waals surface area contributed by atoms with E-state index in [1.807, 2.05) is 24.6 Å². The van der Waals surface area contributed by atoms with E-state index in [-0.39, 0.29) is 0 Å². The smallest absolute Gasteiger partial charge is 0.0830 e. The van der Waals surface area contributed by atoms with Crippen LogP contribution in [0.5, 0.6) is 0 Å². The number of hydrogen-bond acceptors (Lipinski definition) is 2. The van der Waals surface area contributed by atoms with E-state index in [9.17, 15) is 0 Å². The summed E-state index contributed by atoms with van der Waals surface area (Å²) in [7, 11) is 0. The molecule has 0 aliphatic heterocycles. The quantitative estimate of drug-likeness (QED) is 0.771. The summed E-state index contributed by atoms with van der Waals surface area (Å²) in [6.45, 7) is 8.42. The molecule has 0 unspecified atom stereocenters. The molecule has 0 atom stereocenters. The largest absolute Gasteiger partial charge is 0.217 e. The van der Waals surface area contributed by atoms with Gasteiger partial charge >= 0.3 is 0 Å². The van der Waals surface area contributed by atoms with E-state index < -0.39 is 0 Å². The Bertz CT molecular complexity index is 498. The zero-order valence-corrected chi connectivity index (χ0v) is 10.2. The van der Waals surface area contributed by atoms with Crippen molar-refractivity contribution in [3.8, 4) is 5.69 Å². The predicted molar refractivity (Wildman–Crippen MR) is 64.9 cm³/mol. The third-order valence-electron chi connectivity index (χ3n) is 2.91. The highest BCUT2D eigenvalue weighted by molar-refractivity contribution is 5.43. The molecule has 1 aromatic carbocycles. The Morgan fingerprint density at radius 3 is 2.38 bits per heavy atom. The Labute approximate surface area is 96.1 Å². The highest BCUT2D eigenvalue weighted by atomic mass is 15.4. The highest BCUT2D eigenvalue weighted by Crippen LogP contribution is 2.23. The molecular weight excluding hydrogens is 198 g/mol. The lowest BCUT2D eigenvalue weighted by molar-refractivity contribution is 0.756. The molecule has 0 aliphatic carbocycles. The van der Waals surface area contributed by atoms with Crippen LogP contribution in [-0.2, 0) is 0 Å². The minimum absolute atomic E-state index is 0.486. The molecule has 0 saturated heterocycles. The number of para-hydroxylation sites is 1. The molecule has 3 heteroatoms. The van der Waals surface area contributed by atoms with Gasteiger partial charge in [-0.3, -0.25) is 0 Å². The Kier molecular flexibility index (Phi) is 2.77. The zero-order chi connectivity index (χ0) is 11.7. The average Bonchev–Trinajstić information content (AvgIpc) is 2.60. The SMILES string of the molecule is Cc1nnn(-c2ccccc2C(C)C)c1C. The fraction of sp³-hybridized carbons (Fsp3) is 0.385. The minimum atomic E-state index is 0.486. The van der Waals surface area contributed by atoms with Crippen molar-refractivity contribution >= 4 is 0 Å². The van der Waals surface area contributed by atoms with Gasteiger partial charge in [-0.25, -0.2) is 4.68 Å². The second-order valence-corrected chi connectivity index (χ2v) is 4.39. The van der Waals surface area contributed by atoms with Crippen molar-refractivity contribution in [2.75, 3.05) is 0 Å². The van der Waals surface area contributed by atoms with Gasteiger partial charge in [-0.15, -0.1) is 5.10 Å². The lowest BCUT2D eigenvalue weighted by atomic mass is 10.0. The molecule has 0 saturated carbocycles. The van der Waals surface area contributed by atoms with Crippen molar-refractivity contribution < 1.29 is 0 Å². The van der Waals surface area contributed by atoms with E-state index >= 15 is 0 Å². The summed E-state index contributed by atoms with van der Waals surface area (Å²) in [5, 5.41) is 8.30. The third kappa shape index (κ3) is 1.73. The van der Waals surface area contributed by atoms with E-state index in [4.69, 9.17) is 0 Å². The number of rotatable bonds is 2. The molecule has 1 aromatic heterocycles. The minimum Gasteiger partial charge on any atom is -0.217 e. The molecule has 84 valence electrons. The standard InChI is InChI=1S/C13H17N3/c1-9(2)12-7-5-6-8-13(12)16-11(4)10(3)14-15-16/h5-9H,1-4H3. The topological polar surface area (TPSA) is 30.7 Å². The van der Waals surface area contributed by atoms with Gasteiger partial charge < -0.3 is 0 Å². The summed E-state index contributed by atoms with van der Waals surface area (Å²) in [5.41, 5.74) is 4.53. The van der Waals surface area contributed by atoms with Crippen molar-refractivity contribution in [1.82, 2.24) is 15.0 Å². The van der Waals surface area contributed by atoms with Crippen LogP contribution in [0.15, 0.2) is 24.3 Å². The van der Waals surface area contributed by atoms with Gasteiger partial charge in [0.25, 0.3) is 0 Å². The van der Waals surface area contributed by atoms with Crippen LogP contribution in [0.25, 0.3) is 5.69 Å². The lowest BCUT2D eigenvalue weighted by Crippen LogP contribution is -2.04. The fourth-order valence-corrected chi connectivity index (χ4v) is 1.80. The molecule has 2 aromatic rings. The first-order chi connectivity index (χ1) is 7.61. The van der Waals surface area contributed by atoms with Gasteiger partial charge in [0.2, 0.25) is 0 Å². The second kappa shape index (κ2) is 4.08. The van der Waals surface area contributed by atoms with E-state index in [1.54, 1.807) is 0 Å². The fourth-order valence-electron chi connectivity index (χ4n) is 1.80. The van der Waals surface area contributed by atoms with Gasteiger partial charge in [0.15, 0.2) is 0 Å². The van der Waals surface area contributed by atoms with Crippen LogP contribution in [0.4, 0.5) is 0 Å². The summed E-state index contributed by atoms with van der Waals surface area (Å²) in [6.07, 6.45) is 0. The molecule has 0 amide bonds. The van der Waals surface area contributed by atoms with Crippen LogP contribution in [0.1, 0.15) is 36.7 Å². The normalized spacial score (nSPS) is 11.1. The maximum Gasteiger partial charge on any atom is 0.0830 e. The van der Waals surface area contributed by atoms with Crippen molar-refractivity contribution in [1.29, 1.82) is 0 Å². The maximum absolute atomic E-state index is 4.20. The van der Waals surface area contributed by atoms with Crippen molar-refractivity contribution in [3.05, 3.63) is 41.2 Å². The number of aromatic nitrogens is 3. The van der Waals surface area contributed by atoms with E-state index in [2.05, 4.69) is 42.4 Å². The lowest BCUT2D eigenvalue weighted by Gasteiger charge is -2.12. The summed E-state index contributed by atoms with van der Waals surface area (Å²) >= 11 is 0. The van der Waals surface area contributed by atoms with Crippen LogP contribution < -0.4 is 0 Å². The van der Waals surface area contributed by atoms with Gasteiger partial charge in [-0.05, 0) is 31.4 Å². The number of benzene rings is 1. The van der Waals surface area contributed by atoms with Crippen LogP contribution in [-0.4, -0.2) is 15.0 Å². The van der Waals surface area contributed by atoms with E-state index in [0.29, 0.717) is 5.92 Å². The van der Waals surface area contributed by atoms with E-state index in [1.165, 1.54) is 5.56 Å². The van der Waals surface area contributed by atoms with Crippen molar-refractivity contribution in [2.24, 2.45) is 0 Å². The molecular formula is C13H17N3. The molecule has 2 rings (SSSR count). The molecule has 16 heavy (non-hydrogen) atoms. The molecule has 0 aliphatic rings. The average molecular weight is 215 g/mol.